The molecule has 0 spiro atoms. The third-order valence-corrected chi connectivity index (χ3v) is 2.66. The Morgan fingerprint density at radius 2 is 2.13 bits per heavy atom. The van der Waals surface area contributed by atoms with Gasteiger partial charge in [-0.3, -0.25) is 0 Å². The van der Waals surface area contributed by atoms with Crippen LogP contribution in [0.5, 0.6) is 5.75 Å². The summed E-state index contributed by atoms with van der Waals surface area (Å²) in [6, 6.07) is 5.93. The average molecular weight is 226 g/mol. The molecule has 0 aliphatic heterocycles. The summed E-state index contributed by atoms with van der Waals surface area (Å²) in [6.45, 7) is 8.87. The highest BCUT2D eigenvalue weighted by molar-refractivity contribution is 6.32. The summed E-state index contributed by atoms with van der Waals surface area (Å²) in [5.41, 5.74) is 1.19. The fraction of sp³-hybridized carbons (Fsp3) is 0.462. The van der Waals surface area contributed by atoms with Crippen molar-refractivity contribution in [3.63, 3.8) is 0 Å². The van der Waals surface area contributed by atoms with E-state index >= 15 is 0 Å². The predicted molar refractivity (Wildman–Crippen MR) is 65.6 cm³/mol. The molecule has 1 radical (unpaired) electrons. The first-order valence-electron chi connectivity index (χ1n) is 5.44. The molecule has 83 valence electrons. The smallest absolute Gasteiger partial charge is 0.137 e. The summed E-state index contributed by atoms with van der Waals surface area (Å²) in [5, 5.41) is 0.680. The molecule has 0 aliphatic rings. The minimum Gasteiger partial charge on any atom is -0.492 e. The Morgan fingerprint density at radius 3 is 2.67 bits per heavy atom. The van der Waals surface area contributed by atoms with Crippen molar-refractivity contribution in [1.82, 2.24) is 0 Å². The van der Waals surface area contributed by atoms with Gasteiger partial charge in [0.1, 0.15) is 5.75 Å². The van der Waals surface area contributed by atoms with E-state index in [1.165, 1.54) is 5.56 Å². The molecule has 1 aromatic rings. The van der Waals surface area contributed by atoms with E-state index in [4.69, 9.17) is 16.3 Å². The molecule has 0 bridgehead atoms. The molecule has 1 unspecified atom stereocenters. The second-order valence-corrected chi connectivity index (χ2v) is 4.02. The Morgan fingerprint density at radius 1 is 1.40 bits per heavy atom. The van der Waals surface area contributed by atoms with Crippen molar-refractivity contribution in [2.24, 2.45) is 0 Å². The SMILES string of the molecule is [CH2]C(CCC)c1ccc(OCC)c(Cl)c1. The highest BCUT2D eigenvalue weighted by Gasteiger charge is 2.07. The maximum atomic E-state index is 6.10. The number of hydrogen-bond donors (Lipinski definition) is 0. The third kappa shape index (κ3) is 3.42. The lowest BCUT2D eigenvalue weighted by atomic mass is 9.97. The first-order valence-corrected chi connectivity index (χ1v) is 5.82. The summed E-state index contributed by atoms with van der Waals surface area (Å²) in [6.07, 6.45) is 2.23. The van der Waals surface area contributed by atoms with Crippen LogP contribution >= 0.6 is 11.6 Å². The molecule has 1 aromatic carbocycles. The van der Waals surface area contributed by atoms with Crippen LogP contribution in [-0.4, -0.2) is 6.61 Å². The van der Waals surface area contributed by atoms with E-state index in [-0.39, 0.29) is 0 Å². The highest BCUT2D eigenvalue weighted by atomic mass is 35.5. The Hall–Kier alpha value is -0.690. The van der Waals surface area contributed by atoms with E-state index < -0.39 is 0 Å². The van der Waals surface area contributed by atoms with E-state index in [1.807, 2.05) is 25.1 Å². The summed E-state index contributed by atoms with van der Waals surface area (Å²) < 4.78 is 5.38. The van der Waals surface area contributed by atoms with Gasteiger partial charge in [-0.15, -0.1) is 0 Å². The number of hydrogen-bond acceptors (Lipinski definition) is 1. The van der Waals surface area contributed by atoms with Gasteiger partial charge in [0.2, 0.25) is 0 Å². The van der Waals surface area contributed by atoms with Crippen LogP contribution < -0.4 is 4.74 Å². The molecule has 2 heteroatoms. The minimum absolute atomic E-state index is 0.322. The second kappa shape index (κ2) is 6.02. The van der Waals surface area contributed by atoms with Crippen molar-refractivity contribution < 1.29 is 4.74 Å². The van der Waals surface area contributed by atoms with Gasteiger partial charge in [0.25, 0.3) is 0 Å². The maximum Gasteiger partial charge on any atom is 0.137 e. The van der Waals surface area contributed by atoms with Gasteiger partial charge in [-0.2, -0.15) is 0 Å². The quantitative estimate of drug-likeness (QED) is 0.719. The summed E-state index contributed by atoms with van der Waals surface area (Å²) in [4.78, 5) is 0. The molecule has 0 amide bonds. The summed E-state index contributed by atoms with van der Waals surface area (Å²) >= 11 is 6.10. The van der Waals surface area contributed by atoms with Gasteiger partial charge in [0.05, 0.1) is 11.6 Å². The maximum absolute atomic E-state index is 6.10. The average Bonchev–Trinajstić information content (AvgIpc) is 2.21. The van der Waals surface area contributed by atoms with Gasteiger partial charge in [0.15, 0.2) is 0 Å². The van der Waals surface area contributed by atoms with Crippen LogP contribution in [0.2, 0.25) is 5.02 Å². The van der Waals surface area contributed by atoms with E-state index in [0.29, 0.717) is 17.5 Å². The van der Waals surface area contributed by atoms with Crippen molar-refractivity contribution >= 4 is 11.6 Å². The molecule has 1 atom stereocenters. The zero-order chi connectivity index (χ0) is 11.3. The highest BCUT2D eigenvalue weighted by Crippen LogP contribution is 2.29. The van der Waals surface area contributed by atoms with E-state index in [2.05, 4.69) is 13.8 Å². The van der Waals surface area contributed by atoms with Gasteiger partial charge in [-0.1, -0.05) is 31.0 Å². The van der Waals surface area contributed by atoms with Crippen LogP contribution in [0.15, 0.2) is 18.2 Å². The molecule has 0 saturated carbocycles. The fourth-order valence-electron chi connectivity index (χ4n) is 1.56. The van der Waals surface area contributed by atoms with E-state index in [0.717, 1.165) is 18.6 Å². The van der Waals surface area contributed by atoms with Crippen LogP contribution in [0, 0.1) is 6.92 Å². The lowest BCUT2D eigenvalue weighted by Gasteiger charge is -2.12. The van der Waals surface area contributed by atoms with Crippen LogP contribution in [0.4, 0.5) is 0 Å². The molecular weight excluding hydrogens is 208 g/mol. The monoisotopic (exact) mass is 225 g/mol. The summed E-state index contributed by atoms with van der Waals surface area (Å²) in [5.74, 6) is 1.08. The van der Waals surface area contributed by atoms with Crippen molar-refractivity contribution in [2.75, 3.05) is 6.61 Å². The number of rotatable bonds is 5. The number of benzene rings is 1. The molecule has 15 heavy (non-hydrogen) atoms. The van der Waals surface area contributed by atoms with Crippen LogP contribution in [0.25, 0.3) is 0 Å². The van der Waals surface area contributed by atoms with Crippen LogP contribution in [-0.2, 0) is 0 Å². The third-order valence-electron chi connectivity index (χ3n) is 2.36. The molecule has 0 saturated heterocycles. The van der Waals surface area contributed by atoms with Gasteiger partial charge >= 0.3 is 0 Å². The van der Waals surface area contributed by atoms with Gasteiger partial charge in [-0.25, -0.2) is 0 Å². The topological polar surface area (TPSA) is 9.23 Å². The van der Waals surface area contributed by atoms with Gasteiger partial charge < -0.3 is 4.74 Å². The molecule has 0 fully saturated rings. The normalized spacial score (nSPS) is 12.5. The van der Waals surface area contributed by atoms with Crippen LogP contribution in [0.3, 0.4) is 0 Å². The lowest BCUT2D eigenvalue weighted by Crippen LogP contribution is -1.96. The predicted octanol–water partition coefficient (Wildman–Crippen LogP) is 4.46. The lowest BCUT2D eigenvalue weighted by molar-refractivity contribution is 0.340. The zero-order valence-electron chi connectivity index (χ0n) is 9.42. The van der Waals surface area contributed by atoms with Gasteiger partial charge in [-0.05, 0) is 43.9 Å². The van der Waals surface area contributed by atoms with Crippen molar-refractivity contribution in [1.29, 1.82) is 0 Å². The van der Waals surface area contributed by atoms with E-state index in [9.17, 15) is 0 Å². The first-order chi connectivity index (χ1) is 7.19. The zero-order valence-corrected chi connectivity index (χ0v) is 10.2. The number of halogens is 1. The standard InChI is InChI=1S/C13H18ClO/c1-4-6-10(3)11-7-8-13(15-5-2)12(14)9-11/h7-10H,3-6H2,1-2H3. The molecule has 0 aliphatic carbocycles. The number of ether oxygens (including phenoxy) is 1. The Labute approximate surface area is 97.4 Å². The minimum atomic E-state index is 0.322. The Bertz CT molecular complexity index is 309. The van der Waals surface area contributed by atoms with E-state index in [1.54, 1.807) is 0 Å². The van der Waals surface area contributed by atoms with Gasteiger partial charge in [0, 0.05) is 0 Å². The largest absolute Gasteiger partial charge is 0.492 e. The summed E-state index contributed by atoms with van der Waals surface area (Å²) in [7, 11) is 0. The van der Waals surface area contributed by atoms with Crippen molar-refractivity contribution in [3.05, 3.63) is 35.7 Å². The van der Waals surface area contributed by atoms with Crippen LogP contribution in [0.1, 0.15) is 38.2 Å². The Balaban J connectivity index is 2.81. The Kier molecular flexibility index (Phi) is 4.97. The molecule has 1 nitrogen and oxygen atoms in total. The van der Waals surface area contributed by atoms with Crippen molar-refractivity contribution in [2.45, 2.75) is 32.6 Å². The molecule has 0 heterocycles. The molecule has 0 N–H and O–H groups in total. The molecule has 1 rings (SSSR count). The molecule has 0 aromatic heterocycles. The first kappa shape index (κ1) is 12.4. The second-order valence-electron chi connectivity index (χ2n) is 3.61. The fourth-order valence-corrected chi connectivity index (χ4v) is 1.80. The van der Waals surface area contributed by atoms with Crippen molar-refractivity contribution in [3.8, 4) is 5.75 Å². The molecular formula is C13H18ClO.